The van der Waals surface area contributed by atoms with Crippen molar-refractivity contribution in [2.75, 3.05) is 49.9 Å². The number of hydrogen-bond acceptors (Lipinski definition) is 4. The molecule has 0 aromatic heterocycles. The molecule has 8 heteroatoms. The minimum absolute atomic E-state index is 0.0333. The van der Waals surface area contributed by atoms with Gasteiger partial charge in [0.1, 0.15) is 0 Å². The van der Waals surface area contributed by atoms with Gasteiger partial charge < -0.3 is 9.80 Å². The molecule has 2 saturated heterocycles. The maximum atomic E-state index is 12.3. The molecule has 6 nitrogen and oxygen atoms in total. The number of carbonyl (C=O) groups excluding carboxylic acids is 1. The Morgan fingerprint density at radius 3 is 2.39 bits per heavy atom. The van der Waals surface area contributed by atoms with E-state index in [0.29, 0.717) is 44.2 Å². The molecule has 0 N–H and O–H groups in total. The predicted molar refractivity (Wildman–Crippen MR) is 90.2 cm³/mol. The number of para-hydroxylation sites is 1. The number of hydrogen-bond donors (Lipinski definition) is 0. The van der Waals surface area contributed by atoms with Crippen molar-refractivity contribution >= 4 is 33.2 Å². The predicted octanol–water partition coefficient (Wildman–Crippen LogP) is 1.02. The zero-order chi connectivity index (χ0) is 16.4. The molecular formula is C15H20ClN3O3S. The molecule has 1 aromatic rings. The van der Waals surface area contributed by atoms with E-state index in [1.54, 1.807) is 4.90 Å². The van der Waals surface area contributed by atoms with E-state index in [9.17, 15) is 13.2 Å². The molecule has 0 radical (unpaired) electrons. The quantitative estimate of drug-likeness (QED) is 0.810. The molecule has 1 aromatic carbocycles. The molecule has 2 aliphatic heterocycles. The lowest BCUT2D eigenvalue weighted by molar-refractivity contribution is -0.131. The normalized spacial score (nSPS) is 21.6. The third kappa shape index (κ3) is 3.62. The summed E-state index contributed by atoms with van der Waals surface area (Å²) >= 11 is 6.21. The van der Waals surface area contributed by atoms with Crippen LogP contribution in [0.2, 0.25) is 5.02 Å². The van der Waals surface area contributed by atoms with Crippen LogP contribution in [0.1, 0.15) is 6.42 Å². The summed E-state index contributed by atoms with van der Waals surface area (Å²) in [4.78, 5) is 16.2. The lowest BCUT2D eigenvalue weighted by Gasteiger charge is -2.37. The Morgan fingerprint density at radius 1 is 1.09 bits per heavy atom. The Kier molecular flexibility index (Phi) is 4.79. The number of amides is 1. The summed E-state index contributed by atoms with van der Waals surface area (Å²) in [5, 5.41) is 0.704. The topological polar surface area (TPSA) is 60.9 Å². The van der Waals surface area contributed by atoms with Gasteiger partial charge in [-0.15, -0.1) is 0 Å². The van der Waals surface area contributed by atoms with E-state index in [1.807, 2.05) is 24.3 Å². The number of rotatable bonds is 3. The molecular weight excluding hydrogens is 338 g/mol. The molecule has 0 bridgehead atoms. The highest BCUT2D eigenvalue weighted by molar-refractivity contribution is 7.89. The first-order chi connectivity index (χ1) is 11.0. The van der Waals surface area contributed by atoms with E-state index in [4.69, 9.17) is 11.6 Å². The highest BCUT2D eigenvalue weighted by atomic mass is 35.5. The van der Waals surface area contributed by atoms with Crippen molar-refractivity contribution in [2.45, 2.75) is 6.42 Å². The van der Waals surface area contributed by atoms with Crippen molar-refractivity contribution in [2.24, 2.45) is 0 Å². The summed E-state index contributed by atoms with van der Waals surface area (Å²) in [6, 6.07) is 7.66. The molecule has 126 valence electrons. The minimum atomic E-state index is -3.22. The van der Waals surface area contributed by atoms with Gasteiger partial charge in [-0.2, -0.15) is 4.31 Å². The Labute approximate surface area is 141 Å². The van der Waals surface area contributed by atoms with Gasteiger partial charge in [-0.1, -0.05) is 23.7 Å². The minimum Gasteiger partial charge on any atom is -0.367 e. The van der Waals surface area contributed by atoms with Crippen LogP contribution < -0.4 is 4.90 Å². The van der Waals surface area contributed by atoms with E-state index in [0.717, 1.165) is 5.69 Å². The number of benzene rings is 1. The smallest absolute Gasteiger partial charge is 0.238 e. The molecule has 0 unspecified atom stereocenters. The van der Waals surface area contributed by atoms with Crippen LogP contribution >= 0.6 is 11.6 Å². The van der Waals surface area contributed by atoms with Crippen molar-refractivity contribution in [3.63, 3.8) is 0 Å². The molecule has 2 fully saturated rings. The van der Waals surface area contributed by atoms with Crippen molar-refractivity contribution < 1.29 is 13.2 Å². The largest absolute Gasteiger partial charge is 0.367 e. The van der Waals surface area contributed by atoms with Gasteiger partial charge in [0.05, 0.1) is 23.0 Å². The molecule has 3 rings (SSSR count). The van der Waals surface area contributed by atoms with Crippen molar-refractivity contribution in [3.05, 3.63) is 29.3 Å². The number of halogens is 1. The molecule has 0 atom stereocenters. The Hall–Kier alpha value is -1.31. The van der Waals surface area contributed by atoms with E-state index in [-0.39, 0.29) is 18.2 Å². The Morgan fingerprint density at radius 2 is 1.78 bits per heavy atom. The standard InChI is InChI=1S/C15H20ClN3O3S/c16-13-4-1-2-5-14(13)17-7-9-18(10-8-17)15(20)12-19-6-3-11-23(19,21)22/h1-2,4-5H,3,6-12H2. The average molecular weight is 358 g/mol. The number of anilines is 1. The Bertz CT molecular complexity index is 687. The highest BCUT2D eigenvalue weighted by Crippen LogP contribution is 2.26. The molecule has 23 heavy (non-hydrogen) atoms. The molecule has 1 amide bonds. The highest BCUT2D eigenvalue weighted by Gasteiger charge is 2.32. The van der Waals surface area contributed by atoms with Crippen LogP contribution in [0.15, 0.2) is 24.3 Å². The second kappa shape index (κ2) is 6.67. The fraction of sp³-hybridized carbons (Fsp3) is 0.533. The van der Waals surface area contributed by atoms with E-state index in [2.05, 4.69) is 4.90 Å². The van der Waals surface area contributed by atoms with Gasteiger partial charge in [-0.25, -0.2) is 8.42 Å². The van der Waals surface area contributed by atoms with Crippen LogP contribution in [0.3, 0.4) is 0 Å². The fourth-order valence-corrected chi connectivity index (χ4v) is 4.75. The van der Waals surface area contributed by atoms with Gasteiger partial charge in [0, 0.05) is 32.7 Å². The van der Waals surface area contributed by atoms with Crippen LogP contribution in [-0.4, -0.2) is 68.6 Å². The number of piperazine rings is 1. The summed E-state index contributed by atoms with van der Waals surface area (Å²) in [6.45, 7) is 2.97. The molecule has 2 aliphatic rings. The Balaban J connectivity index is 1.57. The van der Waals surface area contributed by atoms with Crippen LogP contribution in [0.4, 0.5) is 5.69 Å². The lowest BCUT2D eigenvalue weighted by atomic mass is 10.2. The van der Waals surface area contributed by atoms with Gasteiger partial charge in [0.25, 0.3) is 0 Å². The van der Waals surface area contributed by atoms with Gasteiger partial charge in [-0.3, -0.25) is 4.79 Å². The van der Waals surface area contributed by atoms with Gasteiger partial charge in [0.2, 0.25) is 15.9 Å². The third-order valence-electron chi connectivity index (χ3n) is 4.34. The van der Waals surface area contributed by atoms with Crippen LogP contribution in [0.25, 0.3) is 0 Å². The van der Waals surface area contributed by atoms with Crippen LogP contribution in [0, 0.1) is 0 Å². The first kappa shape index (κ1) is 16.5. The first-order valence-corrected chi connectivity index (χ1v) is 9.71. The lowest BCUT2D eigenvalue weighted by Crippen LogP contribution is -2.51. The second-order valence-electron chi connectivity index (χ2n) is 5.82. The third-order valence-corrected chi connectivity index (χ3v) is 6.56. The van der Waals surface area contributed by atoms with Crippen molar-refractivity contribution in [1.82, 2.24) is 9.21 Å². The number of carbonyl (C=O) groups is 1. The fourth-order valence-electron chi connectivity index (χ4n) is 3.02. The number of sulfonamides is 1. The van der Waals surface area contributed by atoms with Crippen molar-refractivity contribution in [1.29, 1.82) is 0 Å². The molecule has 0 spiro atoms. The SMILES string of the molecule is O=C(CN1CCCS1(=O)=O)N1CCN(c2ccccc2Cl)CC1. The van der Waals surface area contributed by atoms with Gasteiger partial charge >= 0.3 is 0 Å². The molecule has 2 heterocycles. The molecule has 0 aliphatic carbocycles. The summed E-state index contributed by atoms with van der Waals surface area (Å²) in [6.07, 6.45) is 0.607. The maximum Gasteiger partial charge on any atom is 0.238 e. The van der Waals surface area contributed by atoms with Crippen molar-refractivity contribution in [3.8, 4) is 0 Å². The molecule has 0 saturated carbocycles. The average Bonchev–Trinajstić information content (AvgIpc) is 2.86. The van der Waals surface area contributed by atoms with Gasteiger partial charge in [-0.05, 0) is 18.6 Å². The summed E-state index contributed by atoms with van der Waals surface area (Å²) in [7, 11) is -3.22. The van der Waals surface area contributed by atoms with Gasteiger partial charge in [0.15, 0.2) is 0 Å². The van der Waals surface area contributed by atoms with E-state index < -0.39 is 10.0 Å². The zero-order valence-electron chi connectivity index (χ0n) is 12.8. The van der Waals surface area contributed by atoms with E-state index in [1.165, 1.54) is 4.31 Å². The maximum absolute atomic E-state index is 12.3. The van der Waals surface area contributed by atoms with Crippen LogP contribution in [0.5, 0.6) is 0 Å². The first-order valence-electron chi connectivity index (χ1n) is 7.72. The summed E-state index contributed by atoms with van der Waals surface area (Å²) in [5.41, 5.74) is 0.975. The monoisotopic (exact) mass is 357 g/mol. The summed E-state index contributed by atoms with van der Waals surface area (Å²) in [5.74, 6) is 0.0369. The van der Waals surface area contributed by atoms with E-state index >= 15 is 0 Å². The zero-order valence-corrected chi connectivity index (χ0v) is 14.4. The number of nitrogens with zero attached hydrogens (tertiary/aromatic N) is 3. The van der Waals surface area contributed by atoms with Crippen LogP contribution in [-0.2, 0) is 14.8 Å². The summed E-state index contributed by atoms with van der Waals surface area (Å²) < 4.78 is 24.9. The second-order valence-corrected chi connectivity index (χ2v) is 8.32.